The van der Waals surface area contributed by atoms with Gasteiger partial charge in [-0.3, -0.25) is 4.90 Å². The van der Waals surface area contributed by atoms with Crippen molar-refractivity contribution in [3.05, 3.63) is 0 Å². The summed E-state index contributed by atoms with van der Waals surface area (Å²) < 4.78 is 17.0. The fourth-order valence-corrected chi connectivity index (χ4v) is 2.78. The van der Waals surface area contributed by atoms with Crippen LogP contribution >= 0.6 is 0 Å². The first-order valence-electron chi connectivity index (χ1n) is 7.00. The van der Waals surface area contributed by atoms with E-state index in [0.29, 0.717) is 18.7 Å². The molecule has 0 spiro atoms. The maximum atomic E-state index is 5.83. The highest BCUT2D eigenvalue weighted by Crippen LogP contribution is 2.29. The van der Waals surface area contributed by atoms with Crippen LogP contribution in [-0.4, -0.2) is 62.2 Å². The predicted octanol–water partition coefficient (Wildman–Crippen LogP) is 1.68. The van der Waals surface area contributed by atoms with E-state index in [9.17, 15) is 0 Å². The number of hydrogen-bond acceptors (Lipinski definition) is 4. The average Bonchev–Trinajstić information content (AvgIpc) is 2.53. The van der Waals surface area contributed by atoms with E-state index in [2.05, 4.69) is 25.7 Å². The van der Waals surface area contributed by atoms with Gasteiger partial charge in [0.2, 0.25) is 0 Å². The van der Waals surface area contributed by atoms with Gasteiger partial charge in [0.05, 0.1) is 31.5 Å². The minimum absolute atomic E-state index is 0.0965. The molecule has 0 aromatic carbocycles. The molecule has 2 rings (SSSR count). The number of fused-ring (bicyclic) bond motifs is 2. The maximum absolute atomic E-state index is 5.83. The lowest BCUT2D eigenvalue weighted by Gasteiger charge is -2.37. The molecule has 0 saturated carbocycles. The molecule has 4 heteroatoms. The van der Waals surface area contributed by atoms with E-state index in [-0.39, 0.29) is 11.7 Å². The van der Waals surface area contributed by atoms with E-state index < -0.39 is 0 Å². The Morgan fingerprint density at radius 1 is 1.22 bits per heavy atom. The largest absolute Gasteiger partial charge is 0.378 e. The van der Waals surface area contributed by atoms with Gasteiger partial charge in [-0.2, -0.15) is 0 Å². The summed E-state index contributed by atoms with van der Waals surface area (Å²) >= 11 is 0. The monoisotopic (exact) mass is 257 g/mol. The summed E-state index contributed by atoms with van der Waals surface area (Å²) in [6.07, 6.45) is 2.69. The lowest BCUT2D eigenvalue weighted by molar-refractivity contribution is -0.0873. The second-order valence-electron chi connectivity index (χ2n) is 6.40. The van der Waals surface area contributed by atoms with E-state index in [4.69, 9.17) is 14.2 Å². The number of hydrogen-bond donors (Lipinski definition) is 0. The highest BCUT2D eigenvalue weighted by Gasteiger charge is 2.38. The number of morpholine rings is 1. The zero-order chi connectivity index (χ0) is 13.2. The van der Waals surface area contributed by atoms with Gasteiger partial charge in [-0.25, -0.2) is 0 Å². The SMILES string of the molecule is COC(COC(C)(C)C)CN1C2CCC1COC2. The average molecular weight is 257 g/mol. The van der Waals surface area contributed by atoms with Crippen LogP contribution in [0.4, 0.5) is 0 Å². The van der Waals surface area contributed by atoms with E-state index in [1.54, 1.807) is 7.11 Å². The van der Waals surface area contributed by atoms with Crippen LogP contribution in [0.2, 0.25) is 0 Å². The zero-order valence-corrected chi connectivity index (χ0v) is 12.1. The molecule has 0 aliphatic carbocycles. The maximum Gasteiger partial charge on any atom is 0.0931 e. The number of rotatable bonds is 5. The molecule has 2 saturated heterocycles. The second-order valence-corrected chi connectivity index (χ2v) is 6.40. The molecule has 106 valence electrons. The molecule has 4 nitrogen and oxygen atoms in total. The Hall–Kier alpha value is -0.160. The fraction of sp³-hybridized carbons (Fsp3) is 1.00. The summed E-state index contributed by atoms with van der Waals surface area (Å²) in [5.74, 6) is 0. The summed E-state index contributed by atoms with van der Waals surface area (Å²) in [6.45, 7) is 9.64. The van der Waals surface area contributed by atoms with Gasteiger partial charge < -0.3 is 14.2 Å². The van der Waals surface area contributed by atoms with Crippen molar-refractivity contribution in [1.29, 1.82) is 0 Å². The molecule has 0 amide bonds. The standard InChI is InChI=1S/C14H27NO3/c1-14(2,3)18-10-13(16-4)7-15-11-5-6-12(15)9-17-8-11/h11-13H,5-10H2,1-4H3. The van der Waals surface area contributed by atoms with Crippen molar-refractivity contribution in [2.45, 2.75) is 57.4 Å². The molecular formula is C14H27NO3. The number of methoxy groups -OCH3 is 1. The van der Waals surface area contributed by atoms with Crippen LogP contribution < -0.4 is 0 Å². The Balaban J connectivity index is 1.83. The van der Waals surface area contributed by atoms with Gasteiger partial charge in [0, 0.05) is 25.7 Å². The third-order valence-electron chi connectivity index (χ3n) is 3.84. The number of nitrogens with zero attached hydrogens (tertiary/aromatic N) is 1. The molecule has 18 heavy (non-hydrogen) atoms. The van der Waals surface area contributed by atoms with E-state index >= 15 is 0 Å². The van der Waals surface area contributed by atoms with Crippen molar-refractivity contribution in [1.82, 2.24) is 4.90 Å². The summed E-state index contributed by atoms with van der Waals surface area (Å²) in [5.41, 5.74) is -0.0965. The highest BCUT2D eigenvalue weighted by atomic mass is 16.5. The molecule has 2 aliphatic rings. The predicted molar refractivity (Wildman–Crippen MR) is 70.8 cm³/mol. The summed E-state index contributed by atoms with van der Waals surface area (Å²) in [5, 5.41) is 0. The molecular weight excluding hydrogens is 230 g/mol. The first kappa shape index (κ1) is 14.3. The minimum Gasteiger partial charge on any atom is -0.378 e. The fourth-order valence-electron chi connectivity index (χ4n) is 2.78. The molecule has 0 radical (unpaired) electrons. The molecule has 2 bridgehead atoms. The first-order chi connectivity index (χ1) is 8.49. The van der Waals surface area contributed by atoms with Gasteiger partial charge in [-0.05, 0) is 33.6 Å². The van der Waals surface area contributed by atoms with Crippen LogP contribution in [0.15, 0.2) is 0 Å². The van der Waals surface area contributed by atoms with Crippen LogP contribution in [0.5, 0.6) is 0 Å². The van der Waals surface area contributed by atoms with Crippen LogP contribution in [0.1, 0.15) is 33.6 Å². The molecule has 3 atom stereocenters. The molecule has 0 aromatic heterocycles. The molecule has 0 N–H and O–H groups in total. The van der Waals surface area contributed by atoms with Gasteiger partial charge in [-0.1, -0.05) is 0 Å². The third kappa shape index (κ3) is 3.67. The van der Waals surface area contributed by atoms with Crippen molar-refractivity contribution in [3.63, 3.8) is 0 Å². The van der Waals surface area contributed by atoms with Crippen molar-refractivity contribution >= 4 is 0 Å². The van der Waals surface area contributed by atoms with Crippen molar-refractivity contribution in [3.8, 4) is 0 Å². The minimum atomic E-state index is -0.0965. The molecule has 0 aromatic rings. The van der Waals surface area contributed by atoms with Crippen LogP contribution in [0, 0.1) is 0 Å². The Bertz CT molecular complexity index is 248. The topological polar surface area (TPSA) is 30.9 Å². The normalized spacial score (nSPS) is 30.7. The molecule has 2 heterocycles. The summed E-state index contributed by atoms with van der Waals surface area (Å²) in [7, 11) is 1.78. The Morgan fingerprint density at radius 3 is 2.33 bits per heavy atom. The van der Waals surface area contributed by atoms with E-state index in [0.717, 1.165) is 19.8 Å². The summed E-state index contributed by atoms with van der Waals surface area (Å²) in [4.78, 5) is 2.56. The first-order valence-corrected chi connectivity index (χ1v) is 7.00. The zero-order valence-electron chi connectivity index (χ0n) is 12.1. The van der Waals surface area contributed by atoms with E-state index in [1.165, 1.54) is 12.8 Å². The van der Waals surface area contributed by atoms with Crippen LogP contribution in [0.25, 0.3) is 0 Å². The third-order valence-corrected chi connectivity index (χ3v) is 3.84. The Kier molecular flexibility index (Phi) is 4.64. The Morgan fingerprint density at radius 2 is 1.83 bits per heavy atom. The van der Waals surface area contributed by atoms with Crippen LogP contribution in [0.3, 0.4) is 0 Å². The van der Waals surface area contributed by atoms with Crippen LogP contribution in [-0.2, 0) is 14.2 Å². The van der Waals surface area contributed by atoms with Gasteiger partial charge in [0.15, 0.2) is 0 Å². The lowest BCUT2D eigenvalue weighted by Crippen LogP contribution is -2.50. The Labute approximate surface area is 111 Å². The van der Waals surface area contributed by atoms with Gasteiger partial charge in [0.1, 0.15) is 0 Å². The number of ether oxygens (including phenoxy) is 3. The van der Waals surface area contributed by atoms with Crippen molar-refractivity contribution in [2.75, 3.05) is 33.5 Å². The molecule has 2 aliphatic heterocycles. The highest BCUT2D eigenvalue weighted by molar-refractivity contribution is 4.91. The quantitative estimate of drug-likeness (QED) is 0.750. The molecule has 2 fully saturated rings. The lowest BCUT2D eigenvalue weighted by atomic mass is 10.2. The van der Waals surface area contributed by atoms with Gasteiger partial charge in [0.25, 0.3) is 0 Å². The van der Waals surface area contributed by atoms with Gasteiger partial charge >= 0.3 is 0 Å². The van der Waals surface area contributed by atoms with Crippen molar-refractivity contribution < 1.29 is 14.2 Å². The van der Waals surface area contributed by atoms with Gasteiger partial charge in [-0.15, -0.1) is 0 Å². The van der Waals surface area contributed by atoms with Crippen molar-refractivity contribution in [2.24, 2.45) is 0 Å². The smallest absolute Gasteiger partial charge is 0.0931 e. The molecule has 3 unspecified atom stereocenters. The second kappa shape index (κ2) is 5.87. The summed E-state index contributed by atoms with van der Waals surface area (Å²) in [6, 6.07) is 1.19. The van der Waals surface area contributed by atoms with E-state index in [1.807, 2.05) is 0 Å².